The second-order valence-corrected chi connectivity index (χ2v) is 9.51. The lowest BCUT2D eigenvalue weighted by molar-refractivity contribution is -0.136. The van der Waals surface area contributed by atoms with E-state index in [1.165, 1.54) is 20.2 Å². The van der Waals surface area contributed by atoms with Crippen molar-refractivity contribution in [3.63, 3.8) is 0 Å². The maximum absolute atomic E-state index is 13.4. The summed E-state index contributed by atoms with van der Waals surface area (Å²) in [7, 11) is -2.78. The van der Waals surface area contributed by atoms with Crippen molar-refractivity contribution in [1.82, 2.24) is 3.97 Å². The summed E-state index contributed by atoms with van der Waals surface area (Å²) in [5, 5.41) is 13.5. The third-order valence-corrected chi connectivity index (χ3v) is 7.58. The quantitative estimate of drug-likeness (QED) is 0.511. The maximum atomic E-state index is 13.4. The summed E-state index contributed by atoms with van der Waals surface area (Å²) in [5.74, 6) is -0.965. The number of carbonyl (C=O) groups is 1. The number of carboxylic acids is 1. The van der Waals surface area contributed by atoms with Crippen molar-refractivity contribution in [3.8, 4) is 11.1 Å². The second-order valence-electron chi connectivity index (χ2n) is 6.62. The second kappa shape index (κ2) is 8.63. The number of halogens is 1. The van der Waals surface area contributed by atoms with Gasteiger partial charge in [0.1, 0.15) is 10.1 Å². The smallest absolute Gasteiger partial charge is 0.303 e. The Hall–Kier alpha value is -2.62. The molecule has 158 valence electrons. The number of rotatable bonds is 7. The molecule has 0 fully saturated rings. The van der Waals surface area contributed by atoms with E-state index in [9.17, 15) is 13.2 Å². The van der Waals surface area contributed by atoms with E-state index in [1.807, 2.05) is 29.0 Å². The molecule has 0 radical (unpaired) electrons. The van der Waals surface area contributed by atoms with Crippen LogP contribution in [0.15, 0.2) is 56.8 Å². The lowest BCUT2D eigenvalue weighted by Crippen LogP contribution is -2.21. The van der Waals surface area contributed by atoms with Gasteiger partial charge in [-0.2, -0.15) is 11.3 Å². The Kier molecular flexibility index (Phi) is 6.35. The van der Waals surface area contributed by atoms with Crippen LogP contribution in [0.2, 0.25) is 0 Å². The monoisotopic (exact) mass is 465 g/mol. The number of aliphatic imine (C=N–C) groups is 1. The summed E-state index contributed by atoms with van der Waals surface area (Å²) < 4.78 is 27.9. The van der Waals surface area contributed by atoms with Crippen LogP contribution in [0.25, 0.3) is 22.0 Å². The molecule has 1 aromatic carbocycles. The fourth-order valence-electron chi connectivity index (χ4n) is 3.19. The van der Waals surface area contributed by atoms with Gasteiger partial charge in [0.25, 0.3) is 10.0 Å². The van der Waals surface area contributed by atoms with Gasteiger partial charge in [0.2, 0.25) is 0 Å². The van der Waals surface area contributed by atoms with Crippen molar-refractivity contribution in [2.45, 2.75) is 19.8 Å². The van der Waals surface area contributed by atoms with E-state index in [-0.39, 0.29) is 28.6 Å². The van der Waals surface area contributed by atoms with Crippen LogP contribution in [0.1, 0.15) is 18.9 Å². The molecule has 0 spiro atoms. The molecular formula is C20H20ClN3O4S2. The minimum Gasteiger partial charge on any atom is -0.481 e. The van der Waals surface area contributed by atoms with Crippen molar-refractivity contribution in [3.05, 3.63) is 57.4 Å². The topological polar surface area (TPSA) is 115 Å². The molecule has 0 saturated heterocycles. The van der Waals surface area contributed by atoms with Crippen molar-refractivity contribution >= 4 is 55.0 Å². The average Bonchev–Trinajstić information content (AvgIpc) is 3.33. The number of thiophene rings is 1. The van der Waals surface area contributed by atoms with Crippen molar-refractivity contribution in [2.75, 3.05) is 7.05 Å². The van der Waals surface area contributed by atoms with Gasteiger partial charge in [-0.3, -0.25) is 9.79 Å². The largest absolute Gasteiger partial charge is 0.481 e. The molecule has 2 heterocycles. The van der Waals surface area contributed by atoms with Crippen LogP contribution < -0.4 is 5.73 Å². The molecular weight excluding hydrogens is 446 g/mol. The molecule has 10 heteroatoms. The number of hydrogen-bond donors (Lipinski definition) is 2. The Bertz CT molecular complexity index is 1270. The van der Waals surface area contributed by atoms with E-state index in [2.05, 4.69) is 4.99 Å². The molecule has 30 heavy (non-hydrogen) atoms. The number of allylic oxidation sites excluding steroid dienone is 2. The number of aliphatic carboxylic acids is 1. The summed E-state index contributed by atoms with van der Waals surface area (Å²) in [6.07, 6.45) is 1.48. The lowest BCUT2D eigenvalue weighted by atomic mass is 10.0. The third-order valence-electron chi connectivity index (χ3n) is 4.57. The van der Waals surface area contributed by atoms with Crippen LogP contribution >= 0.6 is 22.9 Å². The van der Waals surface area contributed by atoms with Crippen molar-refractivity contribution in [2.24, 2.45) is 10.7 Å². The van der Waals surface area contributed by atoms with Crippen molar-refractivity contribution < 1.29 is 18.3 Å². The highest BCUT2D eigenvalue weighted by Crippen LogP contribution is 2.32. The Morgan fingerprint density at radius 1 is 1.30 bits per heavy atom. The fraction of sp³-hybridized carbons (Fsp3) is 0.200. The first-order chi connectivity index (χ1) is 14.2. The average molecular weight is 466 g/mol. The number of nitrogens with two attached hydrogens (primary N) is 1. The minimum atomic E-state index is -4.16. The Morgan fingerprint density at radius 2 is 2.03 bits per heavy atom. The number of aromatic nitrogens is 1. The van der Waals surface area contributed by atoms with Gasteiger partial charge in [-0.1, -0.05) is 17.7 Å². The van der Waals surface area contributed by atoms with Gasteiger partial charge in [-0.15, -0.1) is 0 Å². The molecule has 0 aliphatic carbocycles. The first-order valence-electron chi connectivity index (χ1n) is 8.89. The predicted molar refractivity (Wildman–Crippen MR) is 122 cm³/mol. The standard InChI is InChI=1S/C20H20ClN3O4S2/c1-12(22)19(20(21)23-2)30(27,28)24-10-14(4-6-18(25)26)16-9-13(3-5-17(16)24)15-7-8-29-11-15/h3,5,7-11H,4,6,22H2,1-2H3,(H,25,26). The van der Waals surface area contributed by atoms with E-state index in [4.69, 9.17) is 22.4 Å². The molecule has 0 atom stereocenters. The van der Waals surface area contributed by atoms with E-state index in [0.29, 0.717) is 16.5 Å². The number of hydrogen-bond acceptors (Lipinski definition) is 6. The number of benzene rings is 1. The van der Waals surface area contributed by atoms with E-state index >= 15 is 0 Å². The zero-order valence-electron chi connectivity index (χ0n) is 16.3. The number of fused-ring (bicyclic) bond motifs is 1. The highest BCUT2D eigenvalue weighted by atomic mass is 35.5. The van der Waals surface area contributed by atoms with Gasteiger partial charge in [0.05, 0.1) is 5.52 Å². The van der Waals surface area contributed by atoms with Crippen molar-refractivity contribution in [1.29, 1.82) is 0 Å². The minimum absolute atomic E-state index is 0.00873. The molecule has 0 aliphatic heterocycles. The van der Waals surface area contributed by atoms with Crippen LogP contribution in [0, 0.1) is 0 Å². The Balaban J connectivity index is 2.27. The predicted octanol–water partition coefficient (Wildman–Crippen LogP) is 4.02. The molecule has 7 nitrogen and oxygen atoms in total. The summed E-state index contributed by atoms with van der Waals surface area (Å²) in [6.45, 7) is 1.44. The van der Waals surface area contributed by atoms with Crippen LogP contribution in [0.3, 0.4) is 0 Å². The molecule has 3 aromatic rings. The van der Waals surface area contributed by atoms with Gasteiger partial charge >= 0.3 is 5.97 Å². The molecule has 3 rings (SSSR count). The van der Waals surface area contributed by atoms with Gasteiger partial charge in [0, 0.05) is 30.7 Å². The first-order valence-corrected chi connectivity index (χ1v) is 11.7. The van der Waals surface area contributed by atoms with E-state index in [1.54, 1.807) is 17.4 Å². The van der Waals surface area contributed by atoms with Gasteiger partial charge in [0.15, 0.2) is 0 Å². The van der Waals surface area contributed by atoms with Gasteiger partial charge in [-0.05, 0) is 59.0 Å². The van der Waals surface area contributed by atoms with E-state index < -0.39 is 16.0 Å². The zero-order chi connectivity index (χ0) is 22.1. The maximum Gasteiger partial charge on any atom is 0.303 e. The molecule has 0 aliphatic rings. The SMILES string of the molecule is CN=C(Cl)C(=C(C)N)S(=O)(=O)n1cc(CCC(=O)O)c2cc(-c3ccsc3)ccc21. The zero-order valence-corrected chi connectivity index (χ0v) is 18.7. The van der Waals surface area contributed by atoms with E-state index in [0.717, 1.165) is 15.1 Å². The molecule has 3 N–H and O–H groups in total. The summed E-state index contributed by atoms with van der Waals surface area (Å²) in [6, 6.07) is 7.36. The fourth-order valence-corrected chi connectivity index (χ4v) is 5.88. The molecule has 2 aromatic heterocycles. The summed E-state index contributed by atoms with van der Waals surface area (Å²) in [4.78, 5) is 14.6. The Labute approximate surface area is 183 Å². The third kappa shape index (κ3) is 4.14. The molecule has 0 saturated carbocycles. The normalized spacial score (nSPS) is 13.5. The molecule has 0 bridgehead atoms. The van der Waals surface area contributed by atoms with Crippen LogP contribution in [-0.2, 0) is 21.2 Å². The molecule has 0 unspecified atom stereocenters. The summed E-state index contributed by atoms with van der Waals surface area (Å²) in [5.41, 5.74) is 8.76. The van der Waals surface area contributed by atoms with Crippen LogP contribution in [-0.4, -0.2) is 35.7 Å². The van der Waals surface area contributed by atoms with Crippen LogP contribution in [0.4, 0.5) is 0 Å². The highest BCUT2D eigenvalue weighted by molar-refractivity contribution is 7.95. The van der Waals surface area contributed by atoms with Crippen LogP contribution in [0.5, 0.6) is 0 Å². The summed E-state index contributed by atoms with van der Waals surface area (Å²) >= 11 is 7.61. The number of carboxylic acid groups (broad SMARTS) is 1. The first kappa shape index (κ1) is 22.1. The van der Waals surface area contributed by atoms with Gasteiger partial charge < -0.3 is 10.8 Å². The number of nitrogens with zero attached hydrogens (tertiary/aromatic N) is 2. The Morgan fingerprint density at radius 3 is 2.60 bits per heavy atom. The highest BCUT2D eigenvalue weighted by Gasteiger charge is 2.28. The van der Waals surface area contributed by atoms with Gasteiger partial charge in [-0.25, -0.2) is 12.4 Å². The molecule has 0 amide bonds. The number of aryl methyl sites for hydroxylation is 1. The lowest BCUT2D eigenvalue weighted by Gasteiger charge is -2.12.